The molecular formula is C16H10Cl2F4O5. The van der Waals surface area contributed by atoms with Crippen LogP contribution in [-0.2, 0) is 0 Å². The first-order valence-corrected chi connectivity index (χ1v) is 7.58. The highest BCUT2D eigenvalue weighted by Crippen LogP contribution is 2.24. The standard InChI is InChI=1S/C8H4Cl2F2O2.C8H6F2O3/c9-6-3-4(14-8(11)12)1-2-5(6)7(10)13;9-8(10)13-6-3-1-5(2-4-6)7(11)12/h1-3,8H;1-4,8H,(H,11,12). The van der Waals surface area contributed by atoms with Crippen LogP contribution in [0.25, 0.3) is 0 Å². The number of aromatic carboxylic acids is 1. The molecule has 0 heterocycles. The van der Waals surface area contributed by atoms with E-state index < -0.39 is 24.4 Å². The van der Waals surface area contributed by atoms with E-state index in [0.29, 0.717) is 0 Å². The summed E-state index contributed by atoms with van der Waals surface area (Å²) in [6.45, 7) is -5.82. The lowest BCUT2D eigenvalue weighted by atomic mass is 10.2. The molecule has 0 atom stereocenters. The van der Waals surface area contributed by atoms with Gasteiger partial charge in [-0.2, -0.15) is 17.6 Å². The normalized spacial score (nSPS) is 10.2. The lowest BCUT2D eigenvalue weighted by Gasteiger charge is -2.05. The second kappa shape index (κ2) is 10.6. The second-order valence-electron chi connectivity index (χ2n) is 4.50. The Hall–Kier alpha value is -2.52. The smallest absolute Gasteiger partial charge is 0.387 e. The number of carboxylic acids is 1. The van der Waals surface area contributed by atoms with E-state index in [1.165, 1.54) is 36.4 Å². The highest BCUT2D eigenvalue weighted by atomic mass is 35.5. The van der Waals surface area contributed by atoms with E-state index in [2.05, 4.69) is 9.47 Å². The molecule has 2 rings (SSSR count). The maximum absolute atomic E-state index is 11.8. The molecule has 0 amide bonds. The van der Waals surface area contributed by atoms with Crippen LogP contribution in [0.5, 0.6) is 11.5 Å². The topological polar surface area (TPSA) is 72.8 Å². The lowest BCUT2D eigenvalue weighted by molar-refractivity contribution is -0.0505. The molecule has 146 valence electrons. The predicted molar refractivity (Wildman–Crippen MR) is 88.3 cm³/mol. The van der Waals surface area contributed by atoms with Gasteiger partial charge in [0.25, 0.3) is 5.24 Å². The van der Waals surface area contributed by atoms with Crippen molar-refractivity contribution in [2.24, 2.45) is 0 Å². The third kappa shape index (κ3) is 8.14. The third-order valence-electron chi connectivity index (χ3n) is 2.70. The zero-order valence-electron chi connectivity index (χ0n) is 13.0. The molecule has 0 aromatic heterocycles. The second-order valence-corrected chi connectivity index (χ2v) is 5.25. The molecule has 2 aromatic carbocycles. The molecule has 0 aliphatic rings. The summed E-state index contributed by atoms with van der Waals surface area (Å²) in [7, 11) is 0. The van der Waals surface area contributed by atoms with Crippen molar-refractivity contribution in [1.29, 1.82) is 0 Å². The van der Waals surface area contributed by atoms with Crippen LogP contribution >= 0.6 is 23.2 Å². The number of carboxylic acid groups (broad SMARTS) is 1. The van der Waals surface area contributed by atoms with E-state index in [9.17, 15) is 27.2 Å². The number of benzene rings is 2. The summed E-state index contributed by atoms with van der Waals surface area (Å²) in [4.78, 5) is 21.0. The first-order valence-electron chi connectivity index (χ1n) is 6.82. The zero-order valence-corrected chi connectivity index (χ0v) is 14.6. The molecule has 0 spiro atoms. The number of carbonyl (C=O) groups is 2. The molecule has 0 unspecified atom stereocenters. The monoisotopic (exact) mass is 428 g/mol. The lowest BCUT2D eigenvalue weighted by Crippen LogP contribution is -2.02. The highest BCUT2D eigenvalue weighted by molar-refractivity contribution is 6.68. The van der Waals surface area contributed by atoms with Crippen LogP contribution in [0.4, 0.5) is 17.6 Å². The molecule has 2 aromatic rings. The van der Waals surface area contributed by atoms with Crippen molar-refractivity contribution in [3.63, 3.8) is 0 Å². The Kier molecular flexibility index (Phi) is 8.83. The van der Waals surface area contributed by atoms with E-state index in [1.807, 2.05) is 0 Å². The van der Waals surface area contributed by atoms with Gasteiger partial charge in [0.15, 0.2) is 0 Å². The molecule has 0 saturated carbocycles. The minimum absolute atomic E-state index is 0.0249. The fourth-order valence-corrected chi connectivity index (χ4v) is 2.08. The largest absolute Gasteiger partial charge is 0.478 e. The third-order valence-corrected chi connectivity index (χ3v) is 3.22. The van der Waals surface area contributed by atoms with Gasteiger partial charge >= 0.3 is 19.2 Å². The quantitative estimate of drug-likeness (QED) is 0.498. The molecule has 27 heavy (non-hydrogen) atoms. The van der Waals surface area contributed by atoms with Gasteiger partial charge in [0.05, 0.1) is 16.1 Å². The number of rotatable bonds is 6. The van der Waals surface area contributed by atoms with Crippen LogP contribution in [0.1, 0.15) is 20.7 Å². The maximum atomic E-state index is 11.8. The van der Waals surface area contributed by atoms with Gasteiger partial charge in [0, 0.05) is 0 Å². The van der Waals surface area contributed by atoms with Gasteiger partial charge in [-0.05, 0) is 54.1 Å². The van der Waals surface area contributed by atoms with Crippen LogP contribution in [0.15, 0.2) is 42.5 Å². The summed E-state index contributed by atoms with van der Waals surface area (Å²) < 4.78 is 54.9. The number of alkyl halides is 4. The van der Waals surface area contributed by atoms with Crippen LogP contribution in [0.2, 0.25) is 5.02 Å². The Morgan fingerprint density at radius 3 is 1.78 bits per heavy atom. The van der Waals surface area contributed by atoms with Crippen molar-refractivity contribution in [2.75, 3.05) is 0 Å². The van der Waals surface area contributed by atoms with E-state index in [4.69, 9.17) is 28.3 Å². The molecule has 0 aliphatic heterocycles. The number of hydrogen-bond donors (Lipinski definition) is 1. The summed E-state index contributed by atoms with van der Waals surface area (Å²) in [5.41, 5.74) is 0.0802. The Labute approximate surface area is 160 Å². The van der Waals surface area contributed by atoms with E-state index in [-0.39, 0.29) is 27.6 Å². The molecular weight excluding hydrogens is 419 g/mol. The minimum atomic E-state index is -2.93. The van der Waals surface area contributed by atoms with Crippen molar-refractivity contribution in [1.82, 2.24) is 0 Å². The predicted octanol–water partition coefficient (Wildman–Crippen LogP) is 5.31. The molecule has 0 bridgehead atoms. The molecule has 0 fully saturated rings. The van der Waals surface area contributed by atoms with Gasteiger partial charge in [-0.1, -0.05) is 11.6 Å². The minimum Gasteiger partial charge on any atom is -0.478 e. The Morgan fingerprint density at radius 2 is 1.37 bits per heavy atom. The maximum Gasteiger partial charge on any atom is 0.387 e. The number of halogens is 6. The van der Waals surface area contributed by atoms with Gasteiger partial charge in [0.2, 0.25) is 0 Å². The van der Waals surface area contributed by atoms with Crippen molar-refractivity contribution in [2.45, 2.75) is 13.2 Å². The number of hydrogen-bond acceptors (Lipinski definition) is 4. The van der Waals surface area contributed by atoms with Crippen LogP contribution in [0, 0.1) is 0 Å². The molecule has 0 aliphatic carbocycles. The van der Waals surface area contributed by atoms with Crippen molar-refractivity contribution in [3.8, 4) is 11.5 Å². The molecule has 5 nitrogen and oxygen atoms in total. The Balaban J connectivity index is 0.000000271. The van der Waals surface area contributed by atoms with Crippen molar-refractivity contribution in [3.05, 3.63) is 58.6 Å². The zero-order chi connectivity index (χ0) is 20.6. The summed E-state index contributed by atoms with van der Waals surface area (Å²) in [5.74, 6) is -1.28. The fourth-order valence-electron chi connectivity index (χ4n) is 1.61. The van der Waals surface area contributed by atoms with Gasteiger partial charge in [-0.15, -0.1) is 0 Å². The van der Waals surface area contributed by atoms with Gasteiger partial charge in [0.1, 0.15) is 11.5 Å². The van der Waals surface area contributed by atoms with Gasteiger partial charge < -0.3 is 14.6 Å². The first kappa shape index (κ1) is 22.5. The Morgan fingerprint density at radius 1 is 0.889 bits per heavy atom. The summed E-state index contributed by atoms with van der Waals surface area (Å²) in [6, 6.07) is 8.25. The van der Waals surface area contributed by atoms with E-state index in [1.54, 1.807) is 0 Å². The van der Waals surface area contributed by atoms with Crippen LogP contribution in [0.3, 0.4) is 0 Å². The SMILES string of the molecule is O=C(Cl)c1ccc(OC(F)F)cc1Cl.O=C(O)c1ccc(OC(F)F)cc1. The van der Waals surface area contributed by atoms with Gasteiger partial charge in [-0.25, -0.2) is 4.79 Å². The summed E-state index contributed by atoms with van der Waals surface area (Å²) in [6.07, 6.45) is 0. The van der Waals surface area contributed by atoms with Crippen molar-refractivity contribution < 1.29 is 41.7 Å². The van der Waals surface area contributed by atoms with Crippen LogP contribution in [-0.4, -0.2) is 29.5 Å². The molecule has 0 saturated heterocycles. The summed E-state index contributed by atoms with van der Waals surface area (Å²) in [5, 5.41) is 7.69. The Bertz CT molecular complexity index is 785. The highest BCUT2D eigenvalue weighted by Gasteiger charge is 2.10. The fraction of sp³-hybridized carbons (Fsp3) is 0.125. The number of ether oxygens (including phenoxy) is 2. The molecule has 11 heteroatoms. The average molecular weight is 429 g/mol. The summed E-state index contributed by atoms with van der Waals surface area (Å²) >= 11 is 10.7. The molecule has 0 radical (unpaired) electrons. The average Bonchev–Trinajstić information content (AvgIpc) is 2.54. The van der Waals surface area contributed by atoms with Gasteiger partial charge in [-0.3, -0.25) is 4.79 Å². The van der Waals surface area contributed by atoms with Crippen LogP contribution < -0.4 is 9.47 Å². The number of carbonyl (C=O) groups excluding carboxylic acids is 1. The molecule has 1 N–H and O–H groups in total. The van der Waals surface area contributed by atoms with E-state index >= 15 is 0 Å². The van der Waals surface area contributed by atoms with Crippen molar-refractivity contribution >= 4 is 34.4 Å². The van der Waals surface area contributed by atoms with E-state index in [0.717, 1.165) is 6.07 Å². The first-order chi connectivity index (χ1) is 12.6.